The molecule has 0 fully saturated rings. The molecule has 0 aromatic heterocycles. The van der Waals surface area contributed by atoms with Crippen molar-refractivity contribution in [1.29, 1.82) is 5.26 Å². The third-order valence-electron chi connectivity index (χ3n) is 2.97. The zero-order chi connectivity index (χ0) is 13.0. The quantitative estimate of drug-likeness (QED) is 0.794. The molecule has 0 aliphatic rings. The Morgan fingerprint density at radius 2 is 1.89 bits per heavy atom. The van der Waals surface area contributed by atoms with Crippen molar-refractivity contribution in [2.24, 2.45) is 0 Å². The van der Waals surface area contributed by atoms with E-state index in [-0.39, 0.29) is 11.7 Å². The Labute approximate surface area is 107 Å². The van der Waals surface area contributed by atoms with E-state index >= 15 is 0 Å². The van der Waals surface area contributed by atoms with Crippen molar-refractivity contribution >= 4 is 0 Å². The van der Waals surface area contributed by atoms with E-state index < -0.39 is 0 Å². The molecule has 0 heterocycles. The summed E-state index contributed by atoms with van der Waals surface area (Å²) in [5, 5.41) is 9.21. The van der Waals surface area contributed by atoms with Crippen molar-refractivity contribution in [2.45, 2.75) is 19.3 Å². The van der Waals surface area contributed by atoms with Crippen molar-refractivity contribution in [1.82, 2.24) is 0 Å². The van der Waals surface area contributed by atoms with Gasteiger partial charge in [0.05, 0.1) is 12.0 Å². The first-order chi connectivity index (χ1) is 8.69. The van der Waals surface area contributed by atoms with E-state index in [1.165, 1.54) is 17.7 Å². The standard InChI is InChI=1S/C16H14FN/c1-12-5-7-13(8-6-12)9-15(11-18)14-3-2-4-16(17)10-14/h2-8,10,15H,9H2,1H3. The van der Waals surface area contributed by atoms with Gasteiger partial charge in [0.1, 0.15) is 5.82 Å². The molecule has 1 unspecified atom stereocenters. The molecule has 0 spiro atoms. The summed E-state index contributed by atoms with van der Waals surface area (Å²) in [4.78, 5) is 0. The second-order valence-corrected chi connectivity index (χ2v) is 4.43. The first-order valence-corrected chi connectivity index (χ1v) is 5.89. The van der Waals surface area contributed by atoms with Crippen LogP contribution in [0.5, 0.6) is 0 Å². The molecule has 1 nitrogen and oxygen atoms in total. The molecule has 0 bridgehead atoms. The summed E-state index contributed by atoms with van der Waals surface area (Å²) in [7, 11) is 0. The number of nitriles is 1. The zero-order valence-electron chi connectivity index (χ0n) is 10.2. The number of hydrogen-bond acceptors (Lipinski definition) is 1. The van der Waals surface area contributed by atoms with E-state index in [2.05, 4.69) is 6.07 Å². The topological polar surface area (TPSA) is 23.8 Å². The minimum absolute atomic E-state index is 0.295. The van der Waals surface area contributed by atoms with Crippen molar-refractivity contribution in [2.75, 3.05) is 0 Å². The molecule has 0 radical (unpaired) electrons. The predicted molar refractivity (Wildman–Crippen MR) is 69.6 cm³/mol. The van der Waals surface area contributed by atoms with Crippen molar-refractivity contribution in [3.8, 4) is 6.07 Å². The first-order valence-electron chi connectivity index (χ1n) is 5.89. The van der Waals surface area contributed by atoms with Gasteiger partial charge in [0.25, 0.3) is 0 Å². The number of aryl methyl sites for hydroxylation is 1. The molecule has 2 heteroatoms. The highest BCUT2D eigenvalue weighted by Gasteiger charge is 2.12. The van der Waals surface area contributed by atoms with Gasteiger partial charge >= 0.3 is 0 Å². The molecule has 0 amide bonds. The van der Waals surface area contributed by atoms with Crippen LogP contribution in [0.4, 0.5) is 4.39 Å². The molecule has 0 N–H and O–H groups in total. The van der Waals surface area contributed by atoms with Gasteiger partial charge < -0.3 is 0 Å². The molecular weight excluding hydrogens is 225 g/mol. The van der Waals surface area contributed by atoms with Crippen LogP contribution < -0.4 is 0 Å². The monoisotopic (exact) mass is 239 g/mol. The lowest BCUT2D eigenvalue weighted by molar-refractivity contribution is 0.623. The average molecular weight is 239 g/mol. The van der Waals surface area contributed by atoms with Gasteiger partial charge in [-0.2, -0.15) is 5.26 Å². The molecule has 18 heavy (non-hydrogen) atoms. The fraction of sp³-hybridized carbons (Fsp3) is 0.188. The van der Waals surface area contributed by atoms with E-state index in [0.717, 1.165) is 11.1 Å². The maximum Gasteiger partial charge on any atom is 0.123 e. The predicted octanol–water partition coefficient (Wildman–Crippen LogP) is 3.98. The fourth-order valence-corrected chi connectivity index (χ4v) is 1.92. The summed E-state index contributed by atoms with van der Waals surface area (Å²) in [6, 6.07) is 16.6. The van der Waals surface area contributed by atoms with Gasteiger partial charge in [-0.05, 0) is 36.6 Å². The molecule has 2 rings (SSSR count). The number of hydrogen-bond donors (Lipinski definition) is 0. The molecule has 0 saturated heterocycles. The summed E-state index contributed by atoms with van der Waals surface area (Å²) in [6.45, 7) is 2.03. The molecule has 0 aliphatic heterocycles. The average Bonchev–Trinajstić information content (AvgIpc) is 2.38. The largest absolute Gasteiger partial charge is 0.207 e. The van der Waals surface area contributed by atoms with Gasteiger partial charge in [0.15, 0.2) is 0 Å². The Morgan fingerprint density at radius 3 is 2.50 bits per heavy atom. The van der Waals surface area contributed by atoms with Crippen LogP contribution in [-0.4, -0.2) is 0 Å². The van der Waals surface area contributed by atoms with Crippen LogP contribution >= 0.6 is 0 Å². The highest BCUT2D eigenvalue weighted by atomic mass is 19.1. The Hall–Kier alpha value is -2.14. The second kappa shape index (κ2) is 5.46. The van der Waals surface area contributed by atoms with E-state index in [1.54, 1.807) is 12.1 Å². The minimum atomic E-state index is -0.302. The van der Waals surface area contributed by atoms with Crippen molar-refractivity contribution < 1.29 is 4.39 Å². The fourth-order valence-electron chi connectivity index (χ4n) is 1.92. The second-order valence-electron chi connectivity index (χ2n) is 4.43. The van der Waals surface area contributed by atoms with Crippen LogP contribution in [0.3, 0.4) is 0 Å². The van der Waals surface area contributed by atoms with Crippen molar-refractivity contribution in [3.05, 3.63) is 71.0 Å². The summed E-state index contributed by atoms with van der Waals surface area (Å²) >= 11 is 0. The smallest absolute Gasteiger partial charge is 0.123 e. The van der Waals surface area contributed by atoms with E-state index in [9.17, 15) is 9.65 Å². The lowest BCUT2D eigenvalue weighted by Crippen LogP contribution is -2.01. The number of halogens is 1. The van der Waals surface area contributed by atoms with Gasteiger partial charge in [0, 0.05) is 0 Å². The van der Waals surface area contributed by atoms with Crippen LogP contribution in [0.1, 0.15) is 22.6 Å². The third-order valence-corrected chi connectivity index (χ3v) is 2.97. The summed E-state index contributed by atoms with van der Waals surface area (Å²) < 4.78 is 13.1. The van der Waals surface area contributed by atoms with E-state index in [1.807, 2.05) is 31.2 Å². The lowest BCUT2D eigenvalue weighted by atomic mass is 9.93. The third kappa shape index (κ3) is 2.95. The summed E-state index contributed by atoms with van der Waals surface area (Å²) in [6.07, 6.45) is 0.611. The number of rotatable bonds is 3. The Kier molecular flexibility index (Phi) is 3.74. The molecule has 0 saturated carbocycles. The summed E-state index contributed by atoms with van der Waals surface area (Å²) in [5.74, 6) is -0.597. The van der Waals surface area contributed by atoms with Crippen LogP contribution in [0.25, 0.3) is 0 Å². The molecule has 90 valence electrons. The van der Waals surface area contributed by atoms with E-state index in [0.29, 0.717) is 6.42 Å². The normalized spacial score (nSPS) is 11.8. The number of benzene rings is 2. The van der Waals surface area contributed by atoms with Gasteiger partial charge in [-0.3, -0.25) is 0 Å². The van der Waals surface area contributed by atoms with Crippen LogP contribution in [-0.2, 0) is 6.42 Å². The Balaban J connectivity index is 2.20. The first kappa shape index (κ1) is 12.3. The van der Waals surface area contributed by atoms with E-state index in [4.69, 9.17) is 0 Å². The summed E-state index contributed by atoms with van der Waals surface area (Å²) in [5.41, 5.74) is 3.02. The van der Waals surface area contributed by atoms with Crippen molar-refractivity contribution in [3.63, 3.8) is 0 Å². The molecule has 2 aromatic rings. The van der Waals surface area contributed by atoms with Gasteiger partial charge in [-0.15, -0.1) is 0 Å². The highest BCUT2D eigenvalue weighted by molar-refractivity contribution is 5.30. The van der Waals surface area contributed by atoms with Gasteiger partial charge in [0.2, 0.25) is 0 Å². The number of nitrogens with zero attached hydrogens (tertiary/aromatic N) is 1. The SMILES string of the molecule is Cc1ccc(CC(C#N)c2cccc(F)c2)cc1. The maximum atomic E-state index is 13.1. The van der Waals surface area contributed by atoms with Crippen LogP contribution in [0.15, 0.2) is 48.5 Å². The van der Waals surface area contributed by atoms with Crippen LogP contribution in [0, 0.1) is 24.1 Å². The maximum absolute atomic E-state index is 13.1. The lowest BCUT2D eigenvalue weighted by Gasteiger charge is -2.10. The molecule has 1 atom stereocenters. The zero-order valence-corrected chi connectivity index (χ0v) is 10.2. The van der Waals surface area contributed by atoms with Gasteiger partial charge in [-0.25, -0.2) is 4.39 Å². The molecule has 0 aliphatic carbocycles. The Bertz CT molecular complexity index is 566. The molecule has 2 aromatic carbocycles. The highest BCUT2D eigenvalue weighted by Crippen LogP contribution is 2.21. The molecular formula is C16H14FN. The Morgan fingerprint density at radius 1 is 1.17 bits per heavy atom. The van der Waals surface area contributed by atoms with Gasteiger partial charge in [-0.1, -0.05) is 42.0 Å². The van der Waals surface area contributed by atoms with Crippen LogP contribution in [0.2, 0.25) is 0 Å². The minimum Gasteiger partial charge on any atom is -0.207 e.